The van der Waals surface area contributed by atoms with Gasteiger partial charge in [-0.2, -0.15) is 0 Å². The fourth-order valence-corrected chi connectivity index (χ4v) is 3.35. The van der Waals surface area contributed by atoms with Crippen LogP contribution in [0.15, 0.2) is 29.2 Å². The maximum Gasteiger partial charge on any atom is 0.240 e. The first-order valence-electron chi connectivity index (χ1n) is 7.53. The van der Waals surface area contributed by atoms with Crippen molar-refractivity contribution < 1.29 is 13.2 Å². The fraction of sp³-hybridized carbons (Fsp3) is 0.600. The van der Waals surface area contributed by atoms with Crippen LogP contribution in [0.5, 0.6) is 0 Å². The lowest BCUT2D eigenvalue weighted by Gasteiger charge is -2.12. The molecular formula is C15H24N2O3S. The Morgan fingerprint density at radius 2 is 2.05 bits per heavy atom. The highest BCUT2D eigenvalue weighted by atomic mass is 32.2. The van der Waals surface area contributed by atoms with E-state index in [-0.39, 0.29) is 6.10 Å². The molecule has 21 heavy (non-hydrogen) atoms. The molecule has 118 valence electrons. The summed E-state index contributed by atoms with van der Waals surface area (Å²) in [5, 5.41) is 3.29. The molecule has 2 rings (SSSR count). The third-order valence-corrected chi connectivity index (χ3v) is 4.95. The third-order valence-electron chi connectivity index (χ3n) is 3.51. The van der Waals surface area contributed by atoms with Crippen molar-refractivity contribution in [2.75, 3.05) is 19.7 Å². The van der Waals surface area contributed by atoms with Crippen molar-refractivity contribution in [2.24, 2.45) is 0 Å². The molecule has 1 aromatic rings. The van der Waals surface area contributed by atoms with Gasteiger partial charge in [-0.15, -0.1) is 0 Å². The van der Waals surface area contributed by atoms with E-state index in [0.29, 0.717) is 11.4 Å². The Morgan fingerprint density at radius 1 is 1.29 bits per heavy atom. The lowest BCUT2D eigenvalue weighted by atomic mass is 10.2. The van der Waals surface area contributed by atoms with Gasteiger partial charge in [-0.1, -0.05) is 19.1 Å². The minimum Gasteiger partial charge on any atom is -0.377 e. The van der Waals surface area contributed by atoms with E-state index in [0.717, 1.165) is 44.5 Å². The normalized spacial score (nSPS) is 19.0. The summed E-state index contributed by atoms with van der Waals surface area (Å²) < 4.78 is 32.4. The Morgan fingerprint density at radius 3 is 2.67 bits per heavy atom. The molecule has 1 fully saturated rings. The first-order valence-corrected chi connectivity index (χ1v) is 9.01. The van der Waals surface area contributed by atoms with Crippen LogP contribution in [0.25, 0.3) is 0 Å². The Hall–Kier alpha value is -0.950. The standard InChI is InChI=1S/C15H24N2O3S/c1-2-9-16-11-13-5-7-15(8-6-13)21(18,19)17-12-14-4-3-10-20-14/h5-8,14,16-17H,2-4,9-12H2,1H3. The molecule has 0 spiro atoms. The minimum absolute atomic E-state index is 0.0114. The lowest BCUT2D eigenvalue weighted by Crippen LogP contribution is -2.31. The molecule has 6 heteroatoms. The quantitative estimate of drug-likeness (QED) is 0.716. The van der Waals surface area contributed by atoms with E-state index in [1.165, 1.54) is 0 Å². The Balaban J connectivity index is 1.89. The first-order chi connectivity index (χ1) is 10.1. The number of rotatable bonds is 8. The number of ether oxygens (including phenoxy) is 1. The number of benzene rings is 1. The van der Waals surface area contributed by atoms with E-state index in [9.17, 15) is 8.42 Å². The summed E-state index contributed by atoms with van der Waals surface area (Å²) in [5.41, 5.74) is 1.08. The van der Waals surface area contributed by atoms with Crippen LogP contribution >= 0.6 is 0 Å². The Bertz CT molecular complexity index is 522. The van der Waals surface area contributed by atoms with E-state index in [1.807, 2.05) is 12.1 Å². The van der Waals surface area contributed by atoms with Gasteiger partial charge in [0.15, 0.2) is 0 Å². The lowest BCUT2D eigenvalue weighted by molar-refractivity contribution is 0.114. The molecule has 1 aromatic carbocycles. The summed E-state index contributed by atoms with van der Waals surface area (Å²) in [7, 11) is -3.44. The molecule has 1 aliphatic rings. The van der Waals surface area contributed by atoms with Gasteiger partial charge >= 0.3 is 0 Å². The number of nitrogens with one attached hydrogen (secondary N) is 2. The highest BCUT2D eigenvalue weighted by Crippen LogP contribution is 2.14. The highest BCUT2D eigenvalue weighted by Gasteiger charge is 2.20. The number of sulfonamides is 1. The van der Waals surface area contributed by atoms with Crippen LogP contribution in [-0.2, 0) is 21.3 Å². The van der Waals surface area contributed by atoms with Gasteiger partial charge in [-0.05, 0) is 43.5 Å². The molecule has 0 aromatic heterocycles. The third kappa shape index (κ3) is 5.07. The molecule has 0 amide bonds. The van der Waals surface area contributed by atoms with Crippen molar-refractivity contribution in [3.05, 3.63) is 29.8 Å². The van der Waals surface area contributed by atoms with Crippen LogP contribution in [0.1, 0.15) is 31.7 Å². The molecule has 0 bridgehead atoms. The second kappa shape index (κ2) is 7.89. The van der Waals surface area contributed by atoms with E-state index >= 15 is 0 Å². The smallest absolute Gasteiger partial charge is 0.240 e. The largest absolute Gasteiger partial charge is 0.377 e. The fourth-order valence-electron chi connectivity index (χ4n) is 2.29. The van der Waals surface area contributed by atoms with Gasteiger partial charge < -0.3 is 10.1 Å². The second-order valence-corrected chi connectivity index (χ2v) is 7.07. The van der Waals surface area contributed by atoms with Crippen molar-refractivity contribution in [1.82, 2.24) is 10.0 Å². The number of hydrogen-bond acceptors (Lipinski definition) is 4. The molecule has 1 heterocycles. The van der Waals surface area contributed by atoms with E-state index in [4.69, 9.17) is 4.74 Å². The van der Waals surface area contributed by atoms with Crippen LogP contribution < -0.4 is 10.0 Å². The summed E-state index contributed by atoms with van der Waals surface area (Å²) in [5.74, 6) is 0. The highest BCUT2D eigenvalue weighted by molar-refractivity contribution is 7.89. The van der Waals surface area contributed by atoms with Crippen molar-refractivity contribution in [2.45, 2.75) is 43.7 Å². The number of hydrogen-bond donors (Lipinski definition) is 2. The summed E-state index contributed by atoms with van der Waals surface area (Å²) in [6, 6.07) is 7.01. The molecule has 2 N–H and O–H groups in total. The molecule has 0 aliphatic carbocycles. The molecular weight excluding hydrogens is 288 g/mol. The monoisotopic (exact) mass is 312 g/mol. The molecule has 1 unspecified atom stereocenters. The van der Waals surface area contributed by atoms with Crippen molar-refractivity contribution in [3.63, 3.8) is 0 Å². The van der Waals surface area contributed by atoms with Crippen LogP contribution in [0, 0.1) is 0 Å². The van der Waals surface area contributed by atoms with Crippen LogP contribution in [0.2, 0.25) is 0 Å². The molecule has 5 nitrogen and oxygen atoms in total. The summed E-state index contributed by atoms with van der Waals surface area (Å²) >= 11 is 0. The van der Waals surface area contributed by atoms with Gasteiger partial charge in [0, 0.05) is 19.7 Å². The van der Waals surface area contributed by atoms with Gasteiger partial charge in [0.25, 0.3) is 0 Å². The predicted molar refractivity (Wildman–Crippen MR) is 82.6 cm³/mol. The van der Waals surface area contributed by atoms with E-state index in [2.05, 4.69) is 17.0 Å². The minimum atomic E-state index is -3.44. The van der Waals surface area contributed by atoms with Crippen LogP contribution in [0.4, 0.5) is 0 Å². The van der Waals surface area contributed by atoms with Gasteiger partial charge in [0.1, 0.15) is 0 Å². The van der Waals surface area contributed by atoms with E-state index < -0.39 is 10.0 Å². The van der Waals surface area contributed by atoms with Gasteiger partial charge in [-0.3, -0.25) is 0 Å². The van der Waals surface area contributed by atoms with Gasteiger partial charge in [0.2, 0.25) is 10.0 Å². The van der Waals surface area contributed by atoms with E-state index in [1.54, 1.807) is 12.1 Å². The van der Waals surface area contributed by atoms with Crippen molar-refractivity contribution in [3.8, 4) is 0 Å². The predicted octanol–water partition coefficient (Wildman–Crippen LogP) is 1.64. The van der Waals surface area contributed by atoms with Crippen LogP contribution in [0.3, 0.4) is 0 Å². The zero-order valence-electron chi connectivity index (χ0n) is 12.5. The van der Waals surface area contributed by atoms with Crippen molar-refractivity contribution in [1.29, 1.82) is 0 Å². The molecule has 1 saturated heterocycles. The van der Waals surface area contributed by atoms with Gasteiger partial charge in [0.05, 0.1) is 11.0 Å². The molecule has 1 aliphatic heterocycles. The zero-order chi connectivity index (χ0) is 15.1. The Labute approximate surface area is 127 Å². The summed E-state index contributed by atoms with van der Waals surface area (Å²) in [6.45, 7) is 4.91. The average Bonchev–Trinajstić information content (AvgIpc) is 3.00. The first kappa shape index (κ1) is 16.4. The Kier molecular flexibility index (Phi) is 6.17. The molecule has 0 saturated carbocycles. The maximum absolute atomic E-state index is 12.2. The molecule has 0 radical (unpaired) electrons. The second-order valence-electron chi connectivity index (χ2n) is 5.31. The summed E-state index contributed by atoms with van der Waals surface area (Å²) in [6.07, 6.45) is 3.02. The average molecular weight is 312 g/mol. The molecule has 1 atom stereocenters. The summed E-state index contributed by atoms with van der Waals surface area (Å²) in [4.78, 5) is 0.305. The topological polar surface area (TPSA) is 67.4 Å². The SMILES string of the molecule is CCCNCc1ccc(S(=O)(=O)NCC2CCCO2)cc1. The maximum atomic E-state index is 12.2. The van der Waals surface area contributed by atoms with Crippen LogP contribution in [-0.4, -0.2) is 34.2 Å². The van der Waals surface area contributed by atoms with Gasteiger partial charge in [-0.25, -0.2) is 13.1 Å². The van der Waals surface area contributed by atoms with Crippen molar-refractivity contribution >= 4 is 10.0 Å². The zero-order valence-corrected chi connectivity index (χ0v) is 13.3.